The summed E-state index contributed by atoms with van der Waals surface area (Å²) in [6.07, 6.45) is 3.65. The Balaban J connectivity index is 1.60. The van der Waals surface area contributed by atoms with Gasteiger partial charge in [-0.3, -0.25) is 9.48 Å². The van der Waals surface area contributed by atoms with Crippen molar-refractivity contribution in [1.82, 2.24) is 19.9 Å². The van der Waals surface area contributed by atoms with Crippen molar-refractivity contribution in [1.29, 1.82) is 0 Å². The molecule has 1 atom stereocenters. The lowest BCUT2D eigenvalue weighted by molar-refractivity contribution is -0.123. The number of hydrogen-bond acceptors (Lipinski definition) is 4. The van der Waals surface area contributed by atoms with Gasteiger partial charge in [0.25, 0.3) is 0 Å². The second-order valence-corrected chi connectivity index (χ2v) is 6.45. The van der Waals surface area contributed by atoms with Gasteiger partial charge in [-0.1, -0.05) is 16.8 Å². The Labute approximate surface area is 144 Å². The monoisotopic (exact) mass is 351 g/mol. The van der Waals surface area contributed by atoms with Crippen molar-refractivity contribution in [2.45, 2.75) is 19.4 Å². The molecule has 1 amide bonds. The van der Waals surface area contributed by atoms with Crippen LogP contribution in [0.5, 0.6) is 0 Å². The third-order valence-corrected chi connectivity index (χ3v) is 4.60. The summed E-state index contributed by atoms with van der Waals surface area (Å²) in [6.45, 7) is 3.09. The average Bonchev–Trinajstić information content (AvgIpc) is 3.05. The lowest BCUT2D eigenvalue weighted by Gasteiger charge is -2.30. The fourth-order valence-corrected chi connectivity index (χ4v) is 3.11. The van der Waals surface area contributed by atoms with Crippen molar-refractivity contribution in [3.63, 3.8) is 0 Å². The van der Waals surface area contributed by atoms with Crippen LogP contribution in [-0.2, 0) is 11.3 Å². The molecule has 0 radical (unpaired) electrons. The van der Waals surface area contributed by atoms with Gasteiger partial charge in [-0.15, -0.1) is 5.10 Å². The lowest BCUT2D eigenvalue weighted by atomic mass is 9.97. The molecule has 6 nitrogen and oxygen atoms in total. The Morgan fingerprint density at radius 3 is 3.00 bits per heavy atom. The number of nitrogens with two attached hydrogens (primary N) is 1. The Kier molecular flexibility index (Phi) is 5.11. The van der Waals surface area contributed by atoms with E-state index in [9.17, 15) is 9.18 Å². The smallest absolute Gasteiger partial charge is 0.221 e. The molecule has 1 aliphatic heterocycles. The molecule has 1 aromatic heterocycles. The molecule has 2 aromatic rings. The van der Waals surface area contributed by atoms with E-state index in [0.717, 1.165) is 31.5 Å². The van der Waals surface area contributed by atoms with Gasteiger partial charge in [0, 0.05) is 18.7 Å². The number of rotatable bonds is 5. The highest BCUT2D eigenvalue weighted by atomic mass is 35.5. The molecule has 0 aliphatic carbocycles. The molecule has 1 fully saturated rings. The van der Waals surface area contributed by atoms with Gasteiger partial charge in [0.15, 0.2) is 0 Å². The van der Waals surface area contributed by atoms with Gasteiger partial charge in [-0.05, 0) is 37.6 Å². The largest absolute Gasteiger partial charge is 0.369 e. The number of likely N-dealkylation sites (tertiary alicyclic amines) is 1. The minimum Gasteiger partial charge on any atom is -0.369 e. The number of aromatic nitrogens is 3. The molecule has 2 heterocycles. The van der Waals surface area contributed by atoms with Gasteiger partial charge in [-0.25, -0.2) is 4.39 Å². The zero-order valence-electron chi connectivity index (χ0n) is 13.2. The van der Waals surface area contributed by atoms with Gasteiger partial charge in [0.1, 0.15) is 11.5 Å². The van der Waals surface area contributed by atoms with Crippen molar-refractivity contribution in [3.8, 4) is 11.3 Å². The summed E-state index contributed by atoms with van der Waals surface area (Å²) in [5, 5.41) is 8.26. The highest BCUT2D eigenvalue weighted by molar-refractivity contribution is 6.31. The first-order valence-corrected chi connectivity index (χ1v) is 8.28. The van der Waals surface area contributed by atoms with Crippen LogP contribution in [0.25, 0.3) is 11.3 Å². The van der Waals surface area contributed by atoms with Crippen molar-refractivity contribution in [2.24, 2.45) is 11.7 Å². The SMILES string of the molecule is NC(=O)[C@@H]1CCCN(CCn2cc(-c3ccc(F)c(Cl)c3)nn2)C1. The predicted molar refractivity (Wildman–Crippen MR) is 88.8 cm³/mol. The van der Waals surface area contributed by atoms with Crippen molar-refractivity contribution in [2.75, 3.05) is 19.6 Å². The average molecular weight is 352 g/mol. The Morgan fingerprint density at radius 1 is 1.42 bits per heavy atom. The summed E-state index contributed by atoms with van der Waals surface area (Å²) >= 11 is 5.80. The topological polar surface area (TPSA) is 77.0 Å². The molecule has 0 spiro atoms. The van der Waals surface area contributed by atoms with E-state index in [2.05, 4.69) is 15.2 Å². The molecule has 24 heavy (non-hydrogen) atoms. The molecule has 1 aliphatic rings. The van der Waals surface area contributed by atoms with Gasteiger partial charge < -0.3 is 10.6 Å². The summed E-state index contributed by atoms with van der Waals surface area (Å²) in [5.74, 6) is -0.746. The minimum absolute atomic E-state index is 0.0628. The maximum atomic E-state index is 13.2. The maximum Gasteiger partial charge on any atom is 0.221 e. The molecule has 128 valence electrons. The summed E-state index contributed by atoms with van der Waals surface area (Å²) in [5.41, 5.74) is 6.76. The number of hydrogen-bond donors (Lipinski definition) is 1. The van der Waals surface area contributed by atoms with Crippen LogP contribution in [0.15, 0.2) is 24.4 Å². The van der Waals surface area contributed by atoms with E-state index in [1.807, 2.05) is 0 Å². The molecule has 0 unspecified atom stereocenters. The van der Waals surface area contributed by atoms with E-state index in [4.69, 9.17) is 17.3 Å². The fourth-order valence-electron chi connectivity index (χ4n) is 2.93. The van der Waals surface area contributed by atoms with Gasteiger partial charge in [0.05, 0.1) is 23.7 Å². The van der Waals surface area contributed by atoms with Gasteiger partial charge in [-0.2, -0.15) is 0 Å². The second kappa shape index (κ2) is 7.27. The Morgan fingerprint density at radius 2 is 2.25 bits per heavy atom. The predicted octanol–water partition coefficient (Wildman–Crippen LogP) is 1.93. The van der Waals surface area contributed by atoms with E-state index < -0.39 is 5.82 Å². The van der Waals surface area contributed by atoms with Crippen molar-refractivity contribution in [3.05, 3.63) is 35.2 Å². The standard InChI is InChI=1S/C16H19ClFN5O/c17-13-8-11(3-4-14(13)18)15-10-23(21-20-15)7-6-22-5-1-2-12(9-22)16(19)24/h3-4,8,10,12H,1-2,5-7,9H2,(H2,19,24)/t12-/m1/s1. The van der Waals surface area contributed by atoms with Crippen LogP contribution in [0.2, 0.25) is 5.02 Å². The molecule has 8 heteroatoms. The summed E-state index contributed by atoms with van der Waals surface area (Å²) < 4.78 is 15.0. The van der Waals surface area contributed by atoms with Crippen LogP contribution < -0.4 is 5.73 Å². The maximum absolute atomic E-state index is 13.2. The highest BCUT2D eigenvalue weighted by Gasteiger charge is 2.23. The molecule has 0 bridgehead atoms. The van der Waals surface area contributed by atoms with E-state index in [-0.39, 0.29) is 16.8 Å². The number of carbonyl (C=O) groups excluding carboxylic acids is 1. The van der Waals surface area contributed by atoms with Gasteiger partial charge in [0.2, 0.25) is 5.91 Å². The number of primary amides is 1. The zero-order valence-corrected chi connectivity index (χ0v) is 13.9. The van der Waals surface area contributed by atoms with Crippen molar-refractivity contribution >= 4 is 17.5 Å². The molecule has 2 N–H and O–H groups in total. The summed E-state index contributed by atoms with van der Waals surface area (Å²) in [7, 11) is 0. The fraction of sp³-hybridized carbons (Fsp3) is 0.438. The Bertz CT molecular complexity index is 735. The molecule has 1 aromatic carbocycles. The van der Waals surface area contributed by atoms with E-state index in [1.54, 1.807) is 16.9 Å². The van der Waals surface area contributed by atoms with E-state index in [0.29, 0.717) is 18.8 Å². The molecule has 0 saturated carbocycles. The second-order valence-electron chi connectivity index (χ2n) is 6.04. The first-order chi connectivity index (χ1) is 11.5. The molecular formula is C16H19ClFN5O. The third-order valence-electron chi connectivity index (χ3n) is 4.31. The summed E-state index contributed by atoms with van der Waals surface area (Å²) in [4.78, 5) is 13.5. The summed E-state index contributed by atoms with van der Waals surface area (Å²) in [6, 6.07) is 4.47. The van der Waals surface area contributed by atoms with Crippen molar-refractivity contribution < 1.29 is 9.18 Å². The van der Waals surface area contributed by atoms with E-state index >= 15 is 0 Å². The first-order valence-electron chi connectivity index (χ1n) is 7.90. The lowest BCUT2D eigenvalue weighted by Crippen LogP contribution is -2.42. The first kappa shape index (κ1) is 16.9. The molecule has 3 rings (SSSR count). The van der Waals surface area contributed by atoms with Crippen LogP contribution in [-0.4, -0.2) is 45.4 Å². The van der Waals surface area contributed by atoms with Crippen LogP contribution in [0, 0.1) is 11.7 Å². The minimum atomic E-state index is -0.457. The molecule has 1 saturated heterocycles. The number of halogens is 2. The number of carbonyl (C=O) groups is 1. The number of benzene rings is 1. The van der Waals surface area contributed by atoms with E-state index in [1.165, 1.54) is 12.1 Å². The van der Waals surface area contributed by atoms with Crippen LogP contribution in [0.1, 0.15) is 12.8 Å². The highest BCUT2D eigenvalue weighted by Crippen LogP contribution is 2.23. The number of piperidine rings is 1. The quantitative estimate of drug-likeness (QED) is 0.893. The molecular weight excluding hydrogens is 333 g/mol. The van der Waals surface area contributed by atoms with Crippen LogP contribution in [0.4, 0.5) is 4.39 Å². The number of nitrogens with zero attached hydrogens (tertiary/aromatic N) is 4. The van der Waals surface area contributed by atoms with Crippen LogP contribution in [0.3, 0.4) is 0 Å². The number of amides is 1. The van der Waals surface area contributed by atoms with Gasteiger partial charge >= 0.3 is 0 Å². The van der Waals surface area contributed by atoms with Crippen LogP contribution >= 0.6 is 11.6 Å². The Hall–Kier alpha value is -1.99. The zero-order chi connectivity index (χ0) is 17.1. The third kappa shape index (κ3) is 3.91. The normalized spacial score (nSPS) is 18.7.